The van der Waals surface area contributed by atoms with Gasteiger partial charge in [0, 0.05) is 24.5 Å². The molecule has 1 amide bonds. The van der Waals surface area contributed by atoms with Crippen LogP contribution in [0.1, 0.15) is 38.2 Å². The minimum atomic E-state index is 0.152. The van der Waals surface area contributed by atoms with Crippen molar-refractivity contribution < 1.29 is 4.79 Å². The van der Waals surface area contributed by atoms with Gasteiger partial charge in [-0.1, -0.05) is 29.3 Å². The fourth-order valence-corrected chi connectivity index (χ4v) is 3.52. The molecule has 1 aliphatic carbocycles. The number of rotatable bonds is 4. The van der Waals surface area contributed by atoms with Crippen LogP contribution in [-0.4, -0.2) is 29.4 Å². The zero-order valence-electron chi connectivity index (χ0n) is 12.8. The van der Waals surface area contributed by atoms with Crippen LogP contribution in [0.3, 0.4) is 0 Å². The number of nitrogens with one attached hydrogen (secondary N) is 1. The zero-order chi connectivity index (χ0) is 15.7. The SMILES string of the molecule is C[C@H]1C[C@@H](C(=O)N(Cc2ccc(Cl)c(Cl)c2)C2CC2)CCN1. The number of halogens is 2. The van der Waals surface area contributed by atoms with Crippen molar-refractivity contribution in [2.45, 2.75) is 51.2 Å². The Hall–Kier alpha value is -0.770. The highest BCUT2D eigenvalue weighted by Gasteiger charge is 2.37. The monoisotopic (exact) mass is 340 g/mol. The zero-order valence-corrected chi connectivity index (χ0v) is 14.3. The molecule has 0 aromatic heterocycles. The molecule has 2 aliphatic rings. The van der Waals surface area contributed by atoms with Crippen molar-refractivity contribution >= 4 is 29.1 Å². The summed E-state index contributed by atoms with van der Waals surface area (Å²) >= 11 is 12.1. The highest BCUT2D eigenvalue weighted by atomic mass is 35.5. The van der Waals surface area contributed by atoms with Gasteiger partial charge >= 0.3 is 0 Å². The van der Waals surface area contributed by atoms with Crippen LogP contribution in [0.2, 0.25) is 10.0 Å². The van der Waals surface area contributed by atoms with Crippen LogP contribution in [-0.2, 0) is 11.3 Å². The van der Waals surface area contributed by atoms with Crippen LogP contribution >= 0.6 is 23.2 Å². The maximum absolute atomic E-state index is 12.9. The molecule has 0 spiro atoms. The summed E-state index contributed by atoms with van der Waals surface area (Å²) in [5, 5.41) is 4.52. The number of hydrogen-bond acceptors (Lipinski definition) is 2. The van der Waals surface area contributed by atoms with E-state index in [9.17, 15) is 4.79 Å². The fourth-order valence-electron chi connectivity index (χ4n) is 3.20. The first-order valence-electron chi connectivity index (χ1n) is 8.02. The molecule has 5 heteroatoms. The van der Waals surface area contributed by atoms with Crippen LogP contribution < -0.4 is 5.32 Å². The number of hydrogen-bond donors (Lipinski definition) is 1. The largest absolute Gasteiger partial charge is 0.335 e. The summed E-state index contributed by atoms with van der Waals surface area (Å²) in [7, 11) is 0. The first kappa shape index (κ1) is 16.1. The second-order valence-corrected chi connectivity index (χ2v) is 7.34. The molecule has 2 atom stereocenters. The summed E-state index contributed by atoms with van der Waals surface area (Å²) in [5.74, 6) is 0.460. The third kappa shape index (κ3) is 3.76. The van der Waals surface area contributed by atoms with Gasteiger partial charge in [-0.05, 0) is 56.8 Å². The molecular formula is C17H22Cl2N2O. The Balaban J connectivity index is 1.72. The molecule has 0 radical (unpaired) electrons. The van der Waals surface area contributed by atoms with E-state index < -0.39 is 0 Å². The molecule has 2 fully saturated rings. The highest BCUT2D eigenvalue weighted by molar-refractivity contribution is 6.42. The number of amides is 1. The van der Waals surface area contributed by atoms with Crippen molar-refractivity contribution in [1.29, 1.82) is 0 Å². The molecule has 0 unspecified atom stereocenters. The number of benzene rings is 1. The molecule has 3 nitrogen and oxygen atoms in total. The molecule has 1 aromatic carbocycles. The summed E-state index contributed by atoms with van der Waals surface area (Å²) < 4.78 is 0. The van der Waals surface area contributed by atoms with Gasteiger partial charge in [-0.2, -0.15) is 0 Å². The van der Waals surface area contributed by atoms with Crippen molar-refractivity contribution in [3.8, 4) is 0 Å². The Kier molecular flexibility index (Phi) is 4.96. The molecule has 1 saturated carbocycles. The van der Waals surface area contributed by atoms with Crippen molar-refractivity contribution in [2.75, 3.05) is 6.54 Å². The molecule has 22 heavy (non-hydrogen) atoms. The Bertz CT molecular complexity index is 560. The normalized spacial score (nSPS) is 25.0. The second kappa shape index (κ2) is 6.77. The summed E-state index contributed by atoms with van der Waals surface area (Å²) in [4.78, 5) is 15.0. The predicted molar refractivity (Wildman–Crippen MR) is 90.2 cm³/mol. The van der Waals surface area contributed by atoms with Crippen LogP contribution in [0.5, 0.6) is 0 Å². The van der Waals surface area contributed by atoms with Crippen molar-refractivity contribution in [3.63, 3.8) is 0 Å². The Morgan fingerprint density at radius 1 is 1.27 bits per heavy atom. The van der Waals surface area contributed by atoms with Crippen molar-refractivity contribution in [1.82, 2.24) is 10.2 Å². The van der Waals surface area contributed by atoms with Gasteiger partial charge in [0.25, 0.3) is 0 Å². The van der Waals surface area contributed by atoms with Gasteiger partial charge in [0.15, 0.2) is 0 Å². The maximum atomic E-state index is 12.9. The number of carbonyl (C=O) groups is 1. The molecule has 1 aliphatic heterocycles. The van der Waals surface area contributed by atoms with E-state index in [1.165, 1.54) is 0 Å². The highest BCUT2D eigenvalue weighted by Crippen LogP contribution is 2.32. The van der Waals surface area contributed by atoms with E-state index in [0.29, 0.717) is 34.6 Å². The van der Waals surface area contributed by atoms with Gasteiger partial charge in [0.1, 0.15) is 0 Å². The smallest absolute Gasteiger partial charge is 0.226 e. The van der Waals surface area contributed by atoms with Gasteiger partial charge in [-0.3, -0.25) is 4.79 Å². The van der Waals surface area contributed by atoms with Gasteiger partial charge in [-0.15, -0.1) is 0 Å². The lowest BCUT2D eigenvalue weighted by molar-refractivity contribution is -0.138. The van der Waals surface area contributed by atoms with Gasteiger partial charge in [0.2, 0.25) is 5.91 Å². The second-order valence-electron chi connectivity index (χ2n) is 6.52. The topological polar surface area (TPSA) is 32.3 Å². The van der Waals surface area contributed by atoms with E-state index in [0.717, 1.165) is 37.8 Å². The first-order chi connectivity index (χ1) is 10.5. The number of piperidine rings is 1. The molecule has 120 valence electrons. The van der Waals surface area contributed by atoms with Crippen LogP contribution in [0, 0.1) is 5.92 Å². The van der Waals surface area contributed by atoms with Crippen LogP contribution in [0.25, 0.3) is 0 Å². The summed E-state index contributed by atoms with van der Waals surface area (Å²) in [6.45, 7) is 3.72. The van der Waals surface area contributed by atoms with E-state index in [1.807, 2.05) is 12.1 Å². The Labute approximate surface area is 142 Å². The van der Waals surface area contributed by atoms with Gasteiger partial charge in [0.05, 0.1) is 10.0 Å². The maximum Gasteiger partial charge on any atom is 0.226 e. The molecule has 1 heterocycles. The quantitative estimate of drug-likeness (QED) is 0.902. The molecule has 3 rings (SSSR count). The molecule has 1 N–H and O–H groups in total. The molecule has 0 bridgehead atoms. The third-order valence-corrected chi connectivity index (χ3v) is 5.32. The number of nitrogens with zero attached hydrogens (tertiary/aromatic N) is 1. The van der Waals surface area contributed by atoms with Crippen molar-refractivity contribution in [3.05, 3.63) is 33.8 Å². The van der Waals surface area contributed by atoms with E-state index >= 15 is 0 Å². The average Bonchev–Trinajstić information content (AvgIpc) is 3.32. The summed E-state index contributed by atoms with van der Waals surface area (Å²) in [6.07, 6.45) is 4.11. The minimum absolute atomic E-state index is 0.152. The lowest BCUT2D eigenvalue weighted by atomic mass is 9.91. The molecular weight excluding hydrogens is 319 g/mol. The fraction of sp³-hybridized carbons (Fsp3) is 0.588. The van der Waals surface area contributed by atoms with Gasteiger partial charge in [-0.25, -0.2) is 0 Å². The predicted octanol–water partition coefficient (Wildman–Crippen LogP) is 3.87. The van der Waals surface area contributed by atoms with Crippen molar-refractivity contribution in [2.24, 2.45) is 5.92 Å². The summed E-state index contributed by atoms with van der Waals surface area (Å²) in [5.41, 5.74) is 1.05. The standard InChI is InChI=1S/C17H22Cl2N2O/c1-11-8-13(6-7-20-11)17(22)21(14-3-4-14)10-12-2-5-15(18)16(19)9-12/h2,5,9,11,13-14,20H,3-4,6-8,10H2,1H3/t11-,13-/m0/s1. The minimum Gasteiger partial charge on any atom is -0.335 e. The Morgan fingerprint density at radius 2 is 2.05 bits per heavy atom. The molecule has 1 saturated heterocycles. The molecule has 1 aromatic rings. The van der Waals surface area contributed by atoms with E-state index in [2.05, 4.69) is 17.1 Å². The van der Waals surface area contributed by atoms with Crippen LogP contribution in [0.4, 0.5) is 0 Å². The van der Waals surface area contributed by atoms with Gasteiger partial charge < -0.3 is 10.2 Å². The average molecular weight is 341 g/mol. The van der Waals surface area contributed by atoms with E-state index in [1.54, 1.807) is 6.07 Å². The lowest BCUT2D eigenvalue weighted by Crippen LogP contribution is -2.44. The first-order valence-corrected chi connectivity index (χ1v) is 8.78. The number of carbonyl (C=O) groups excluding carboxylic acids is 1. The van der Waals surface area contributed by atoms with E-state index in [-0.39, 0.29) is 5.92 Å². The Morgan fingerprint density at radius 3 is 2.68 bits per heavy atom. The van der Waals surface area contributed by atoms with Crippen LogP contribution in [0.15, 0.2) is 18.2 Å². The van der Waals surface area contributed by atoms with E-state index in [4.69, 9.17) is 23.2 Å². The third-order valence-electron chi connectivity index (χ3n) is 4.58. The summed E-state index contributed by atoms with van der Waals surface area (Å²) in [6, 6.07) is 6.47. The lowest BCUT2D eigenvalue weighted by Gasteiger charge is -2.32.